The molecule has 126 valence electrons. The molecule has 5 heteroatoms. The van der Waals surface area contributed by atoms with E-state index < -0.39 is 0 Å². The van der Waals surface area contributed by atoms with Crippen LogP contribution in [0.4, 0.5) is 5.69 Å². The molecule has 0 aliphatic heterocycles. The highest BCUT2D eigenvalue weighted by Gasteiger charge is 2.05. The fraction of sp³-hybridized carbons (Fsp3) is 0.250. The second-order valence-electron chi connectivity index (χ2n) is 5.86. The Morgan fingerprint density at radius 3 is 2.68 bits per heavy atom. The van der Waals surface area contributed by atoms with E-state index in [9.17, 15) is 4.79 Å². The van der Waals surface area contributed by atoms with Crippen LogP contribution < -0.4 is 5.32 Å². The number of benzene rings is 2. The number of aryl methyl sites for hydroxylation is 1. The predicted molar refractivity (Wildman–Crippen MR) is 102 cm³/mol. The summed E-state index contributed by atoms with van der Waals surface area (Å²) in [4.78, 5) is 16.6. The summed E-state index contributed by atoms with van der Waals surface area (Å²) < 4.78 is 1.22. The minimum Gasteiger partial charge on any atom is -0.326 e. The quantitative estimate of drug-likeness (QED) is 0.628. The van der Waals surface area contributed by atoms with Crippen LogP contribution in [0.2, 0.25) is 0 Å². The van der Waals surface area contributed by atoms with Crippen molar-refractivity contribution in [3.63, 3.8) is 0 Å². The standard InChI is InChI=1S/C20H19N3OS/c21-14-13-15-9-11-16(12-10-15)22-19(24)7-3-4-8-20-23-17-5-1-2-6-18(17)25-20/h1-2,5-6,9-12H,3-4,7-8,13H2,(H,22,24). The lowest BCUT2D eigenvalue weighted by atomic mass is 10.1. The number of carbonyl (C=O) groups excluding carboxylic acids is 1. The van der Waals surface area contributed by atoms with Gasteiger partial charge in [-0.15, -0.1) is 11.3 Å². The van der Waals surface area contributed by atoms with E-state index in [1.54, 1.807) is 11.3 Å². The SMILES string of the molecule is N#CCc1ccc(NC(=O)CCCCc2nc3ccccc3s2)cc1. The summed E-state index contributed by atoms with van der Waals surface area (Å²) in [6.07, 6.45) is 3.60. The van der Waals surface area contributed by atoms with Crippen LogP contribution in [0.5, 0.6) is 0 Å². The second-order valence-corrected chi connectivity index (χ2v) is 6.98. The van der Waals surface area contributed by atoms with Gasteiger partial charge in [0.15, 0.2) is 0 Å². The van der Waals surface area contributed by atoms with E-state index in [0.29, 0.717) is 12.8 Å². The first-order valence-electron chi connectivity index (χ1n) is 8.35. The molecule has 0 spiro atoms. The van der Waals surface area contributed by atoms with Crippen LogP contribution in [-0.2, 0) is 17.6 Å². The van der Waals surface area contributed by atoms with Crippen LogP contribution in [0.25, 0.3) is 10.2 Å². The lowest BCUT2D eigenvalue weighted by Gasteiger charge is -2.05. The molecule has 0 radical (unpaired) electrons. The fourth-order valence-corrected chi connectivity index (χ4v) is 3.62. The van der Waals surface area contributed by atoms with Crippen LogP contribution in [0.3, 0.4) is 0 Å². The van der Waals surface area contributed by atoms with Gasteiger partial charge in [-0.05, 0) is 49.1 Å². The van der Waals surface area contributed by atoms with Crippen molar-refractivity contribution in [1.29, 1.82) is 5.26 Å². The van der Waals surface area contributed by atoms with Crippen LogP contribution in [-0.4, -0.2) is 10.9 Å². The van der Waals surface area contributed by atoms with Gasteiger partial charge in [-0.2, -0.15) is 5.26 Å². The molecule has 0 aliphatic carbocycles. The van der Waals surface area contributed by atoms with Gasteiger partial charge in [0.1, 0.15) is 0 Å². The highest BCUT2D eigenvalue weighted by atomic mass is 32.1. The highest BCUT2D eigenvalue weighted by Crippen LogP contribution is 2.23. The molecule has 0 bridgehead atoms. The lowest BCUT2D eigenvalue weighted by Crippen LogP contribution is -2.11. The molecule has 0 saturated heterocycles. The summed E-state index contributed by atoms with van der Waals surface area (Å²) in [5.41, 5.74) is 2.79. The average molecular weight is 349 g/mol. The third-order valence-electron chi connectivity index (χ3n) is 3.90. The largest absolute Gasteiger partial charge is 0.326 e. The predicted octanol–water partition coefficient (Wildman–Crippen LogP) is 4.71. The zero-order valence-corrected chi connectivity index (χ0v) is 14.7. The molecule has 3 rings (SSSR count). The Bertz CT molecular complexity index is 860. The molecule has 2 aromatic carbocycles. The molecule has 25 heavy (non-hydrogen) atoms. The molecule has 0 unspecified atom stereocenters. The minimum absolute atomic E-state index is 0.0253. The van der Waals surface area contributed by atoms with Crippen LogP contribution in [0.1, 0.15) is 29.8 Å². The van der Waals surface area contributed by atoms with Crippen molar-refractivity contribution >= 4 is 33.1 Å². The van der Waals surface area contributed by atoms with E-state index in [2.05, 4.69) is 22.4 Å². The topological polar surface area (TPSA) is 65.8 Å². The number of para-hydroxylation sites is 1. The number of fused-ring (bicyclic) bond motifs is 1. The van der Waals surface area contributed by atoms with Crippen molar-refractivity contribution in [3.05, 3.63) is 59.1 Å². The second kappa shape index (κ2) is 8.41. The molecule has 0 saturated carbocycles. The Morgan fingerprint density at radius 2 is 1.92 bits per heavy atom. The van der Waals surface area contributed by atoms with Crippen LogP contribution in [0.15, 0.2) is 48.5 Å². The van der Waals surface area contributed by atoms with Crippen molar-refractivity contribution in [3.8, 4) is 6.07 Å². The van der Waals surface area contributed by atoms with Gasteiger partial charge < -0.3 is 5.32 Å². The minimum atomic E-state index is 0.0253. The first kappa shape index (κ1) is 17.1. The summed E-state index contributed by atoms with van der Waals surface area (Å²) in [7, 11) is 0. The van der Waals surface area contributed by atoms with Crippen molar-refractivity contribution in [1.82, 2.24) is 4.98 Å². The summed E-state index contributed by atoms with van der Waals surface area (Å²) in [6, 6.07) is 17.7. The maximum atomic E-state index is 12.0. The van der Waals surface area contributed by atoms with E-state index in [0.717, 1.165) is 41.0 Å². The molecular formula is C20H19N3OS. The van der Waals surface area contributed by atoms with Gasteiger partial charge in [0, 0.05) is 12.1 Å². The molecule has 3 aromatic rings. The van der Waals surface area contributed by atoms with Crippen molar-refractivity contribution in [2.75, 3.05) is 5.32 Å². The number of unbranched alkanes of at least 4 members (excludes halogenated alkanes) is 1. The van der Waals surface area contributed by atoms with Gasteiger partial charge in [-0.1, -0.05) is 24.3 Å². The van der Waals surface area contributed by atoms with E-state index in [1.165, 1.54) is 4.70 Å². The first-order valence-corrected chi connectivity index (χ1v) is 9.16. The molecule has 0 fully saturated rings. The smallest absolute Gasteiger partial charge is 0.224 e. The Labute approximate surface area is 151 Å². The number of nitrogens with one attached hydrogen (secondary N) is 1. The van der Waals surface area contributed by atoms with Crippen molar-refractivity contribution in [2.45, 2.75) is 32.1 Å². The number of anilines is 1. The molecule has 0 aliphatic rings. The molecule has 1 aromatic heterocycles. The normalized spacial score (nSPS) is 10.5. The number of nitriles is 1. The molecule has 1 N–H and O–H groups in total. The van der Waals surface area contributed by atoms with Gasteiger partial charge >= 0.3 is 0 Å². The summed E-state index contributed by atoms with van der Waals surface area (Å²) >= 11 is 1.73. The highest BCUT2D eigenvalue weighted by molar-refractivity contribution is 7.18. The molecule has 0 atom stereocenters. The van der Waals surface area contributed by atoms with E-state index in [1.807, 2.05) is 42.5 Å². The average Bonchev–Trinajstić information content (AvgIpc) is 3.03. The number of aromatic nitrogens is 1. The third-order valence-corrected chi connectivity index (χ3v) is 5.00. The summed E-state index contributed by atoms with van der Waals surface area (Å²) in [6.45, 7) is 0. The van der Waals surface area contributed by atoms with Gasteiger partial charge in [0.2, 0.25) is 5.91 Å². The van der Waals surface area contributed by atoms with Gasteiger partial charge in [0.05, 0.1) is 27.7 Å². The van der Waals surface area contributed by atoms with Crippen molar-refractivity contribution in [2.24, 2.45) is 0 Å². The summed E-state index contributed by atoms with van der Waals surface area (Å²) in [5, 5.41) is 12.7. The van der Waals surface area contributed by atoms with Crippen molar-refractivity contribution < 1.29 is 4.79 Å². The summed E-state index contributed by atoms with van der Waals surface area (Å²) in [5.74, 6) is 0.0253. The van der Waals surface area contributed by atoms with E-state index in [4.69, 9.17) is 5.26 Å². The van der Waals surface area contributed by atoms with E-state index >= 15 is 0 Å². The Hall–Kier alpha value is -2.71. The Balaban J connectivity index is 1.41. The van der Waals surface area contributed by atoms with Gasteiger partial charge in [-0.3, -0.25) is 4.79 Å². The number of thiazole rings is 1. The Kier molecular flexibility index (Phi) is 5.76. The number of rotatable bonds is 7. The number of carbonyl (C=O) groups is 1. The maximum Gasteiger partial charge on any atom is 0.224 e. The zero-order chi connectivity index (χ0) is 17.5. The molecular weight excluding hydrogens is 330 g/mol. The fourth-order valence-electron chi connectivity index (χ4n) is 2.61. The molecule has 1 amide bonds. The van der Waals surface area contributed by atoms with Crippen LogP contribution in [0, 0.1) is 11.3 Å². The third kappa shape index (κ3) is 4.88. The number of nitrogens with zero attached hydrogens (tertiary/aromatic N) is 2. The lowest BCUT2D eigenvalue weighted by molar-refractivity contribution is -0.116. The maximum absolute atomic E-state index is 12.0. The zero-order valence-electron chi connectivity index (χ0n) is 13.9. The number of hydrogen-bond donors (Lipinski definition) is 1. The number of hydrogen-bond acceptors (Lipinski definition) is 4. The molecule has 1 heterocycles. The Morgan fingerprint density at radius 1 is 1.12 bits per heavy atom. The monoisotopic (exact) mass is 349 g/mol. The van der Waals surface area contributed by atoms with E-state index in [-0.39, 0.29) is 5.91 Å². The van der Waals surface area contributed by atoms with Gasteiger partial charge in [0.25, 0.3) is 0 Å². The van der Waals surface area contributed by atoms with Gasteiger partial charge in [-0.25, -0.2) is 4.98 Å². The molecule has 4 nitrogen and oxygen atoms in total. The van der Waals surface area contributed by atoms with Crippen LogP contribution >= 0.6 is 11.3 Å². The first-order chi connectivity index (χ1) is 12.2. The number of amides is 1.